The van der Waals surface area contributed by atoms with Crippen LogP contribution in [-0.4, -0.2) is 20.8 Å². The fourth-order valence-corrected chi connectivity index (χ4v) is 1.86. The quantitative estimate of drug-likeness (QED) is 0.686. The Morgan fingerprint density at radius 1 is 1.57 bits per heavy atom. The van der Waals surface area contributed by atoms with E-state index in [0.29, 0.717) is 11.7 Å². The second-order valence-corrected chi connectivity index (χ2v) is 3.90. The first-order chi connectivity index (χ1) is 6.75. The Hall–Kier alpha value is -1.36. The van der Waals surface area contributed by atoms with Crippen LogP contribution < -0.4 is 5.32 Å². The molecule has 74 valence electrons. The molecule has 1 saturated carbocycles. The van der Waals surface area contributed by atoms with Crippen molar-refractivity contribution in [1.82, 2.24) is 9.78 Å². The summed E-state index contributed by atoms with van der Waals surface area (Å²) in [6.45, 7) is 0. The van der Waals surface area contributed by atoms with Gasteiger partial charge >= 0.3 is 0 Å². The molecule has 1 amide bonds. The van der Waals surface area contributed by atoms with Crippen LogP contribution in [0.25, 0.3) is 0 Å². The Morgan fingerprint density at radius 2 is 2.36 bits per heavy atom. The predicted molar refractivity (Wildman–Crippen MR) is 48.7 cm³/mol. The second kappa shape index (κ2) is 2.57. The van der Waals surface area contributed by atoms with Crippen molar-refractivity contribution in [2.45, 2.75) is 31.4 Å². The van der Waals surface area contributed by atoms with Crippen molar-refractivity contribution in [3.05, 3.63) is 11.8 Å². The molecule has 0 saturated heterocycles. The van der Waals surface area contributed by atoms with Gasteiger partial charge in [0, 0.05) is 5.56 Å². The Labute approximate surface area is 80.7 Å². The smallest absolute Gasteiger partial charge is 0.230 e. The van der Waals surface area contributed by atoms with Gasteiger partial charge in [-0.3, -0.25) is 4.79 Å². The number of aromatic nitrogens is 2. The van der Waals surface area contributed by atoms with Crippen molar-refractivity contribution >= 4 is 11.7 Å². The highest BCUT2D eigenvalue weighted by atomic mass is 16.3. The van der Waals surface area contributed by atoms with E-state index in [-0.39, 0.29) is 12.3 Å². The van der Waals surface area contributed by atoms with Gasteiger partial charge in [-0.25, -0.2) is 4.68 Å². The maximum atomic E-state index is 11.2. The molecule has 0 radical (unpaired) electrons. The lowest BCUT2D eigenvalue weighted by Gasteiger charge is -2.20. The Bertz CT molecular complexity index is 381. The van der Waals surface area contributed by atoms with Gasteiger partial charge in [-0.15, -0.1) is 0 Å². The number of nitrogens with zero attached hydrogens (tertiary/aromatic N) is 2. The van der Waals surface area contributed by atoms with Gasteiger partial charge in [0.15, 0.2) is 6.23 Å². The molecule has 1 unspecified atom stereocenters. The average Bonchev–Trinajstić information content (AvgIpc) is 2.87. The lowest BCUT2D eigenvalue weighted by Crippen LogP contribution is -2.28. The van der Waals surface area contributed by atoms with E-state index in [1.54, 1.807) is 6.20 Å². The van der Waals surface area contributed by atoms with Gasteiger partial charge in [-0.05, 0) is 18.8 Å². The molecule has 3 rings (SSSR count). The number of rotatable bonds is 1. The number of hydrogen-bond donors (Lipinski definition) is 2. The minimum Gasteiger partial charge on any atom is -0.371 e. The van der Waals surface area contributed by atoms with E-state index >= 15 is 0 Å². The predicted octanol–water partition coefficient (Wildman–Crippen LogP) is 0.594. The second-order valence-electron chi connectivity index (χ2n) is 3.90. The summed E-state index contributed by atoms with van der Waals surface area (Å²) in [5.74, 6) is 1.09. The van der Waals surface area contributed by atoms with E-state index in [4.69, 9.17) is 0 Å². The van der Waals surface area contributed by atoms with Crippen LogP contribution in [0.15, 0.2) is 6.20 Å². The number of hydrogen-bond acceptors (Lipinski definition) is 3. The molecule has 0 spiro atoms. The lowest BCUT2D eigenvalue weighted by atomic mass is 10.2. The molecule has 2 aliphatic rings. The van der Waals surface area contributed by atoms with Crippen LogP contribution >= 0.6 is 0 Å². The number of carbonyl (C=O) groups excluding carboxylic acids is 1. The van der Waals surface area contributed by atoms with Gasteiger partial charge < -0.3 is 10.4 Å². The molecule has 1 fully saturated rings. The van der Waals surface area contributed by atoms with Gasteiger partial charge in [0.2, 0.25) is 5.91 Å². The molecule has 1 aliphatic carbocycles. The topological polar surface area (TPSA) is 67.1 Å². The molecule has 0 aromatic carbocycles. The first-order valence-corrected chi connectivity index (χ1v) is 4.81. The number of anilines is 1. The zero-order chi connectivity index (χ0) is 9.71. The molecular formula is C9H11N3O2. The molecule has 1 atom stereocenters. The Balaban J connectivity index is 2.06. The largest absolute Gasteiger partial charge is 0.371 e. The minimum absolute atomic E-state index is 0.0960. The molecule has 5 nitrogen and oxygen atoms in total. The fourth-order valence-electron chi connectivity index (χ4n) is 1.86. The third kappa shape index (κ3) is 1.05. The molecule has 1 aromatic heterocycles. The van der Waals surface area contributed by atoms with Crippen LogP contribution in [0.5, 0.6) is 0 Å². The zero-order valence-corrected chi connectivity index (χ0v) is 7.60. The summed E-state index contributed by atoms with van der Waals surface area (Å²) in [6, 6.07) is 0. The van der Waals surface area contributed by atoms with Gasteiger partial charge in [-0.1, -0.05) is 0 Å². The van der Waals surface area contributed by atoms with Crippen LogP contribution in [0, 0.1) is 0 Å². The summed E-state index contributed by atoms with van der Waals surface area (Å²) in [4.78, 5) is 11.2. The summed E-state index contributed by atoms with van der Waals surface area (Å²) < 4.78 is 1.50. The van der Waals surface area contributed by atoms with E-state index in [1.165, 1.54) is 4.68 Å². The van der Waals surface area contributed by atoms with E-state index in [1.807, 2.05) is 0 Å². The van der Waals surface area contributed by atoms with Crippen LogP contribution in [0.3, 0.4) is 0 Å². The van der Waals surface area contributed by atoms with Crippen LogP contribution in [-0.2, 0) is 4.79 Å². The van der Waals surface area contributed by atoms with Crippen molar-refractivity contribution in [2.75, 3.05) is 5.32 Å². The highest BCUT2D eigenvalue weighted by Gasteiger charge is 2.33. The van der Waals surface area contributed by atoms with Crippen molar-refractivity contribution < 1.29 is 9.90 Å². The molecule has 1 aromatic rings. The number of nitrogens with one attached hydrogen (secondary N) is 1. The van der Waals surface area contributed by atoms with E-state index in [9.17, 15) is 9.90 Å². The summed E-state index contributed by atoms with van der Waals surface area (Å²) in [7, 11) is 0. The molecule has 1 aliphatic heterocycles. The lowest BCUT2D eigenvalue weighted by molar-refractivity contribution is -0.120. The van der Waals surface area contributed by atoms with Gasteiger partial charge in [0.05, 0.1) is 12.6 Å². The normalized spacial score (nSPS) is 25.8. The van der Waals surface area contributed by atoms with Gasteiger partial charge in [0.25, 0.3) is 0 Å². The summed E-state index contributed by atoms with van der Waals surface area (Å²) >= 11 is 0. The van der Waals surface area contributed by atoms with Gasteiger partial charge in [-0.2, -0.15) is 5.10 Å². The Kier molecular flexibility index (Phi) is 1.47. The standard InChI is InChI=1S/C9H11N3O2/c13-7-3-8(14)12-9(11-7)6(4-10-12)5-1-2-5/h4-5,8,14H,1-3H2,(H,11,13). The Morgan fingerprint density at radius 3 is 3.07 bits per heavy atom. The van der Waals surface area contributed by atoms with Crippen molar-refractivity contribution in [3.8, 4) is 0 Å². The van der Waals surface area contributed by atoms with Crippen LogP contribution in [0.4, 0.5) is 5.82 Å². The molecule has 2 N–H and O–H groups in total. The van der Waals surface area contributed by atoms with Crippen molar-refractivity contribution in [1.29, 1.82) is 0 Å². The van der Waals surface area contributed by atoms with Crippen molar-refractivity contribution in [2.24, 2.45) is 0 Å². The first-order valence-electron chi connectivity index (χ1n) is 4.81. The summed E-state index contributed by atoms with van der Waals surface area (Å²) in [6.07, 6.45) is 3.36. The van der Waals surface area contributed by atoms with Gasteiger partial charge in [0.1, 0.15) is 5.82 Å². The molecular weight excluding hydrogens is 182 g/mol. The van der Waals surface area contributed by atoms with E-state index in [0.717, 1.165) is 18.4 Å². The van der Waals surface area contributed by atoms with Crippen molar-refractivity contribution in [3.63, 3.8) is 0 Å². The first kappa shape index (κ1) is 7.99. The van der Waals surface area contributed by atoms with Crippen LogP contribution in [0.1, 0.15) is 37.0 Å². The number of amides is 1. The number of carbonyl (C=O) groups is 1. The maximum Gasteiger partial charge on any atom is 0.230 e. The highest BCUT2D eigenvalue weighted by Crippen LogP contribution is 2.44. The van der Waals surface area contributed by atoms with Crippen LogP contribution in [0.2, 0.25) is 0 Å². The van der Waals surface area contributed by atoms with E-state index < -0.39 is 6.23 Å². The third-order valence-corrected chi connectivity index (χ3v) is 2.75. The highest BCUT2D eigenvalue weighted by molar-refractivity contribution is 5.92. The zero-order valence-electron chi connectivity index (χ0n) is 7.60. The fraction of sp³-hybridized carbons (Fsp3) is 0.556. The molecule has 5 heteroatoms. The third-order valence-electron chi connectivity index (χ3n) is 2.75. The number of aliphatic hydroxyl groups excluding tert-OH is 1. The summed E-state index contributed by atoms with van der Waals surface area (Å²) in [5.41, 5.74) is 1.07. The SMILES string of the molecule is O=C1CC(O)n2ncc(C3CC3)c2N1. The number of fused-ring (bicyclic) bond motifs is 1. The molecule has 0 bridgehead atoms. The van der Waals surface area contributed by atoms with E-state index in [2.05, 4.69) is 10.4 Å². The monoisotopic (exact) mass is 193 g/mol. The maximum absolute atomic E-state index is 11.2. The minimum atomic E-state index is -0.800. The summed E-state index contributed by atoms with van der Waals surface area (Å²) in [5, 5.41) is 16.4. The molecule has 2 heterocycles. The molecule has 14 heavy (non-hydrogen) atoms. The average molecular weight is 193 g/mol. The number of aliphatic hydroxyl groups is 1.